The van der Waals surface area contributed by atoms with Gasteiger partial charge in [-0.1, -0.05) is 25.5 Å². The molecule has 4 bridgehead atoms. The van der Waals surface area contributed by atoms with Crippen molar-refractivity contribution in [1.82, 2.24) is 5.43 Å². The van der Waals surface area contributed by atoms with Crippen LogP contribution in [0.2, 0.25) is 0 Å². The Bertz CT molecular complexity index is 647. The molecular weight excluding hydrogens is 324 g/mol. The third-order valence-electron chi connectivity index (χ3n) is 6.56. The average molecular weight is 354 g/mol. The van der Waals surface area contributed by atoms with Gasteiger partial charge < -0.3 is 4.74 Å². The lowest BCUT2D eigenvalue weighted by Crippen LogP contribution is -2.52. The van der Waals surface area contributed by atoms with E-state index in [0.29, 0.717) is 6.61 Å². The number of benzene rings is 1. The molecule has 0 unspecified atom stereocenters. The van der Waals surface area contributed by atoms with Crippen molar-refractivity contribution in [1.29, 1.82) is 0 Å². The van der Waals surface area contributed by atoms with Crippen LogP contribution in [0.4, 0.5) is 0 Å². The Kier molecular flexibility index (Phi) is 5.01. The van der Waals surface area contributed by atoms with Gasteiger partial charge in [0.05, 0.1) is 18.2 Å². The molecule has 1 amide bonds. The molecule has 4 aliphatic carbocycles. The number of ether oxygens (including phenoxy) is 1. The minimum Gasteiger partial charge on any atom is -0.493 e. The van der Waals surface area contributed by atoms with E-state index in [2.05, 4.69) is 17.5 Å². The van der Waals surface area contributed by atoms with E-state index in [4.69, 9.17) is 4.74 Å². The van der Waals surface area contributed by atoms with E-state index >= 15 is 0 Å². The second-order valence-corrected chi connectivity index (χ2v) is 8.64. The van der Waals surface area contributed by atoms with Gasteiger partial charge in [-0.2, -0.15) is 5.10 Å². The van der Waals surface area contributed by atoms with Crippen LogP contribution in [0.1, 0.15) is 63.9 Å². The second kappa shape index (κ2) is 7.42. The van der Waals surface area contributed by atoms with Gasteiger partial charge in [0.1, 0.15) is 5.75 Å². The lowest BCUT2D eigenvalue weighted by Gasteiger charge is -2.55. The van der Waals surface area contributed by atoms with Crippen molar-refractivity contribution in [2.45, 2.75) is 58.3 Å². The standard InChI is InChI=1S/C22H30N2O2/c1-2-3-8-26-20-7-5-4-6-19(20)15-23-24-21(25)22-12-16-9-17(13-22)11-18(10-16)14-22/h4-7,15-18H,2-3,8-14H2,1H3,(H,24,25). The fourth-order valence-electron chi connectivity index (χ4n) is 5.71. The van der Waals surface area contributed by atoms with E-state index in [1.807, 2.05) is 24.3 Å². The number of hydrogen-bond acceptors (Lipinski definition) is 3. The zero-order valence-corrected chi connectivity index (χ0v) is 15.7. The molecule has 1 aromatic rings. The molecule has 0 aliphatic heterocycles. The molecule has 0 heterocycles. The minimum absolute atomic E-state index is 0.136. The molecule has 140 valence electrons. The summed E-state index contributed by atoms with van der Waals surface area (Å²) in [5.74, 6) is 3.27. The lowest BCUT2D eigenvalue weighted by atomic mass is 9.49. The Morgan fingerprint density at radius 3 is 2.50 bits per heavy atom. The molecule has 0 radical (unpaired) electrons. The van der Waals surface area contributed by atoms with E-state index in [1.165, 1.54) is 19.3 Å². The Hall–Kier alpha value is -1.84. The zero-order valence-electron chi connectivity index (χ0n) is 15.7. The van der Waals surface area contributed by atoms with Crippen molar-refractivity contribution in [2.75, 3.05) is 6.61 Å². The molecule has 4 heteroatoms. The van der Waals surface area contributed by atoms with Crippen LogP contribution in [0.15, 0.2) is 29.4 Å². The van der Waals surface area contributed by atoms with Crippen molar-refractivity contribution in [3.63, 3.8) is 0 Å². The molecule has 4 aliphatic rings. The number of carbonyl (C=O) groups is 1. The van der Waals surface area contributed by atoms with Crippen LogP contribution in [-0.2, 0) is 4.79 Å². The summed E-state index contributed by atoms with van der Waals surface area (Å²) in [5.41, 5.74) is 3.62. The zero-order chi connectivity index (χ0) is 18.0. The SMILES string of the molecule is CCCCOc1ccccc1C=NNC(=O)C12CC3CC(CC(C3)C1)C2. The summed E-state index contributed by atoms with van der Waals surface area (Å²) in [7, 11) is 0. The number of carbonyl (C=O) groups excluding carboxylic acids is 1. The van der Waals surface area contributed by atoms with Gasteiger partial charge in [-0.25, -0.2) is 5.43 Å². The molecule has 0 saturated heterocycles. The molecule has 4 nitrogen and oxygen atoms in total. The van der Waals surface area contributed by atoms with Crippen molar-refractivity contribution >= 4 is 12.1 Å². The van der Waals surface area contributed by atoms with Crippen LogP contribution in [0, 0.1) is 23.2 Å². The molecule has 1 N–H and O–H groups in total. The van der Waals surface area contributed by atoms with Crippen LogP contribution < -0.4 is 10.2 Å². The van der Waals surface area contributed by atoms with Gasteiger partial charge in [-0.05, 0) is 74.8 Å². The summed E-state index contributed by atoms with van der Waals surface area (Å²) in [6.07, 6.45) is 11.1. The number of unbranched alkanes of at least 4 members (excludes halogenated alkanes) is 1. The predicted molar refractivity (Wildman–Crippen MR) is 103 cm³/mol. The van der Waals surface area contributed by atoms with E-state index in [-0.39, 0.29) is 11.3 Å². The summed E-state index contributed by atoms with van der Waals surface area (Å²) in [5, 5.41) is 4.28. The maximum atomic E-state index is 12.9. The monoisotopic (exact) mass is 354 g/mol. The lowest BCUT2D eigenvalue weighted by molar-refractivity contribution is -0.146. The quantitative estimate of drug-likeness (QED) is 0.444. The van der Waals surface area contributed by atoms with Crippen LogP contribution in [0.25, 0.3) is 0 Å². The van der Waals surface area contributed by atoms with Crippen LogP contribution in [0.5, 0.6) is 5.75 Å². The molecule has 4 saturated carbocycles. The number of hydrogen-bond donors (Lipinski definition) is 1. The highest BCUT2D eigenvalue weighted by atomic mass is 16.5. The van der Waals surface area contributed by atoms with Gasteiger partial charge in [-0.3, -0.25) is 4.79 Å². The highest BCUT2D eigenvalue weighted by molar-refractivity contribution is 5.87. The number of rotatable bonds is 7. The van der Waals surface area contributed by atoms with Crippen LogP contribution >= 0.6 is 0 Å². The van der Waals surface area contributed by atoms with Gasteiger partial charge in [0.2, 0.25) is 5.91 Å². The van der Waals surface area contributed by atoms with Crippen molar-refractivity contribution in [2.24, 2.45) is 28.3 Å². The number of nitrogens with one attached hydrogen (secondary N) is 1. The van der Waals surface area contributed by atoms with Crippen molar-refractivity contribution in [3.05, 3.63) is 29.8 Å². The topological polar surface area (TPSA) is 50.7 Å². The largest absolute Gasteiger partial charge is 0.493 e. The van der Waals surface area contributed by atoms with Gasteiger partial charge in [-0.15, -0.1) is 0 Å². The Labute approximate surface area is 156 Å². The first-order valence-corrected chi connectivity index (χ1v) is 10.2. The molecule has 1 aromatic carbocycles. The molecule has 4 fully saturated rings. The van der Waals surface area contributed by atoms with E-state index in [1.54, 1.807) is 6.21 Å². The van der Waals surface area contributed by atoms with Crippen LogP contribution in [-0.4, -0.2) is 18.7 Å². The molecule has 26 heavy (non-hydrogen) atoms. The third kappa shape index (κ3) is 3.51. The number of para-hydroxylation sites is 1. The number of amides is 1. The van der Waals surface area contributed by atoms with Crippen molar-refractivity contribution in [3.8, 4) is 5.75 Å². The highest BCUT2D eigenvalue weighted by Gasteiger charge is 2.54. The fraction of sp³-hybridized carbons (Fsp3) is 0.636. The van der Waals surface area contributed by atoms with Gasteiger partial charge in [0.25, 0.3) is 0 Å². The molecule has 0 spiro atoms. The van der Waals surface area contributed by atoms with Gasteiger partial charge in [0.15, 0.2) is 0 Å². The molecule has 0 aromatic heterocycles. The Morgan fingerprint density at radius 1 is 1.19 bits per heavy atom. The Balaban J connectivity index is 1.39. The summed E-state index contributed by atoms with van der Waals surface area (Å²) in [4.78, 5) is 12.9. The van der Waals surface area contributed by atoms with Gasteiger partial charge >= 0.3 is 0 Å². The molecule has 5 rings (SSSR count). The summed E-state index contributed by atoms with van der Waals surface area (Å²) < 4.78 is 5.83. The van der Waals surface area contributed by atoms with E-state index in [0.717, 1.165) is 61.2 Å². The smallest absolute Gasteiger partial charge is 0.246 e. The molecule has 0 atom stereocenters. The van der Waals surface area contributed by atoms with E-state index < -0.39 is 0 Å². The minimum atomic E-state index is -0.150. The highest BCUT2D eigenvalue weighted by Crippen LogP contribution is 2.60. The summed E-state index contributed by atoms with van der Waals surface area (Å²) in [6.45, 7) is 2.86. The number of nitrogens with zero attached hydrogens (tertiary/aromatic N) is 1. The third-order valence-corrected chi connectivity index (χ3v) is 6.56. The average Bonchev–Trinajstić information content (AvgIpc) is 2.62. The Morgan fingerprint density at radius 2 is 1.85 bits per heavy atom. The first kappa shape index (κ1) is 17.6. The second-order valence-electron chi connectivity index (χ2n) is 8.64. The van der Waals surface area contributed by atoms with Crippen molar-refractivity contribution < 1.29 is 9.53 Å². The van der Waals surface area contributed by atoms with E-state index in [9.17, 15) is 4.79 Å². The summed E-state index contributed by atoms with van der Waals surface area (Å²) in [6, 6.07) is 7.86. The maximum absolute atomic E-state index is 12.9. The molecular formula is C22H30N2O2. The van der Waals surface area contributed by atoms with Gasteiger partial charge in [0, 0.05) is 5.56 Å². The van der Waals surface area contributed by atoms with Crippen LogP contribution in [0.3, 0.4) is 0 Å². The fourth-order valence-corrected chi connectivity index (χ4v) is 5.71. The first-order valence-electron chi connectivity index (χ1n) is 10.2. The predicted octanol–water partition coefficient (Wildman–Crippen LogP) is 4.53. The maximum Gasteiger partial charge on any atom is 0.246 e. The summed E-state index contributed by atoms with van der Waals surface area (Å²) >= 11 is 0. The normalized spacial score (nSPS) is 32.1. The first-order chi connectivity index (χ1) is 12.7. The number of hydrazone groups is 1.